The Morgan fingerprint density at radius 1 is 0.667 bits per heavy atom. The summed E-state index contributed by atoms with van der Waals surface area (Å²) in [6.07, 6.45) is 4.56. The zero-order valence-electron chi connectivity index (χ0n) is 31.7. The van der Waals surface area contributed by atoms with Crippen LogP contribution in [-0.2, 0) is 19.1 Å². The van der Waals surface area contributed by atoms with E-state index in [1.54, 1.807) is 0 Å². The third-order valence-electron chi connectivity index (χ3n) is 12.4. The van der Waals surface area contributed by atoms with Crippen LogP contribution < -0.4 is 10.6 Å². The molecule has 2 aromatic heterocycles. The topological polar surface area (TPSA) is 175 Å². The Morgan fingerprint density at radius 3 is 1.67 bits per heavy atom. The third-order valence-corrected chi connectivity index (χ3v) is 12.4. The first kappa shape index (κ1) is 35.9. The zero-order valence-corrected chi connectivity index (χ0v) is 31.7. The smallest absolute Gasteiger partial charge is 0.407 e. The monoisotopic (exact) mass is 738 g/mol. The summed E-state index contributed by atoms with van der Waals surface area (Å²) in [7, 11) is 2.61. The van der Waals surface area contributed by atoms with Gasteiger partial charge in [-0.1, -0.05) is 39.8 Å². The Kier molecular flexibility index (Phi) is 9.25. The van der Waals surface area contributed by atoms with Crippen molar-refractivity contribution in [2.24, 2.45) is 23.7 Å². The van der Waals surface area contributed by atoms with Gasteiger partial charge in [0.05, 0.1) is 48.4 Å². The van der Waals surface area contributed by atoms with E-state index in [9.17, 15) is 19.2 Å². The number of aromatic amines is 2. The highest BCUT2D eigenvalue weighted by Gasteiger charge is 2.53. The number of H-pyrrole nitrogens is 2. The number of benzene rings is 2. The highest BCUT2D eigenvalue weighted by atomic mass is 16.5. The SMILES string of the molecule is COC(=O)NC(C(=O)N1C2CCC(C2)C1c1nc2ccc(-c3ccc4[nH]c(C5C6CCC(C6)N5C(=O)[C@@H](NC(=O)OC)C(C)C)nc4c3)cc2[nH]1)C(C)C. The van der Waals surface area contributed by atoms with Crippen molar-refractivity contribution in [3.8, 4) is 11.1 Å². The number of carbonyl (C=O) groups excluding carboxylic acids is 4. The minimum Gasteiger partial charge on any atom is -0.453 e. The van der Waals surface area contributed by atoms with E-state index in [1.165, 1.54) is 14.2 Å². The summed E-state index contributed by atoms with van der Waals surface area (Å²) in [6, 6.07) is 10.8. The van der Waals surface area contributed by atoms with Gasteiger partial charge in [-0.15, -0.1) is 0 Å². The van der Waals surface area contributed by atoms with Gasteiger partial charge in [0.15, 0.2) is 0 Å². The van der Waals surface area contributed by atoms with Gasteiger partial charge in [-0.3, -0.25) is 9.59 Å². The van der Waals surface area contributed by atoms with Crippen molar-refractivity contribution in [3.05, 3.63) is 48.0 Å². The highest BCUT2D eigenvalue weighted by molar-refractivity contribution is 5.89. The molecule has 14 heteroatoms. The van der Waals surface area contributed by atoms with Gasteiger partial charge in [0, 0.05) is 12.1 Å². The number of likely N-dealkylation sites (tertiary alicyclic amines) is 2. The van der Waals surface area contributed by atoms with E-state index in [1.807, 2.05) is 49.6 Å². The molecule has 4 fully saturated rings. The van der Waals surface area contributed by atoms with Crippen molar-refractivity contribution >= 4 is 46.1 Å². The first-order valence-electron chi connectivity index (χ1n) is 19.3. The third kappa shape index (κ3) is 6.12. The first-order chi connectivity index (χ1) is 25.9. The fraction of sp³-hybridized carbons (Fsp3) is 0.550. The van der Waals surface area contributed by atoms with Gasteiger partial charge in [0.1, 0.15) is 23.7 Å². The van der Waals surface area contributed by atoms with E-state index >= 15 is 0 Å². The average Bonchev–Trinajstić information content (AvgIpc) is 4.02. The number of nitrogens with zero attached hydrogens (tertiary/aromatic N) is 4. The maximum Gasteiger partial charge on any atom is 0.407 e. The number of alkyl carbamates (subject to hydrolysis) is 2. The number of hydrogen-bond donors (Lipinski definition) is 4. The van der Waals surface area contributed by atoms with Crippen LogP contribution in [0.15, 0.2) is 36.4 Å². The van der Waals surface area contributed by atoms with Crippen LogP contribution in [0.5, 0.6) is 0 Å². The zero-order chi connectivity index (χ0) is 38.0. The normalized spacial score (nSPS) is 25.6. The second-order valence-corrected chi connectivity index (χ2v) is 16.3. The van der Waals surface area contributed by atoms with E-state index in [4.69, 9.17) is 19.4 Å². The van der Waals surface area contributed by atoms with Crippen molar-refractivity contribution in [2.45, 2.75) is 102 Å². The van der Waals surface area contributed by atoms with E-state index < -0.39 is 24.3 Å². The Morgan fingerprint density at radius 2 is 1.15 bits per heavy atom. The number of ether oxygens (including phenoxy) is 2. The van der Waals surface area contributed by atoms with Gasteiger partial charge in [0.2, 0.25) is 11.8 Å². The highest BCUT2D eigenvalue weighted by Crippen LogP contribution is 2.51. The molecule has 2 aliphatic heterocycles. The van der Waals surface area contributed by atoms with Crippen molar-refractivity contribution in [2.75, 3.05) is 14.2 Å². The molecule has 2 saturated heterocycles. The molecule has 0 spiro atoms. The van der Waals surface area contributed by atoms with E-state index in [-0.39, 0.29) is 47.8 Å². The number of piperidine rings is 2. The van der Waals surface area contributed by atoms with E-state index in [0.29, 0.717) is 11.8 Å². The van der Waals surface area contributed by atoms with Crippen molar-refractivity contribution < 1.29 is 28.7 Å². The van der Waals surface area contributed by atoms with Crippen LogP contribution in [0.3, 0.4) is 0 Å². The number of nitrogens with one attached hydrogen (secondary N) is 4. The van der Waals surface area contributed by atoms with Crippen LogP contribution in [0.4, 0.5) is 9.59 Å². The molecule has 2 aromatic carbocycles. The largest absolute Gasteiger partial charge is 0.453 e. The molecule has 4 aliphatic rings. The molecule has 8 atom stereocenters. The van der Waals surface area contributed by atoms with Gasteiger partial charge in [-0.2, -0.15) is 0 Å². The Bertz CT molecular complexity index is 1960. The molecular weight excluding hydrogens is 688 g/mol. The van der Waals surface area contributed by atoms with Crippen LogP contribution in [0.2, 0.25) is 0 Å². The van der Waals surface area contributed by atoms with Crippen LogP contribution in [0, 0.1) is 23.7 Å². The van der Waals surface area contributed by atoms with Crippen molar-refractivity contribution in [1.82, 2.24) is 40.4 Å². The lowest BCUT2D eigenvalue weighted by atomic mass is 9.95. The number of carbonyl (C=O) groups is 4. The van der Waals surface area contributed by atoms with Gasteiger partial charge >= 0.3 is 12.2 Å². The molecule has 286 valence electrons. The number of rotatable bonds is 9. The molecule has 4 N–H and O–H groups in total. The fourth-order valence-electron chi connectivity index (χ4n) is 9.73. The van der Waals surface area contributed by atoms with Gasteiger partial charge < -0.3 is 39.9 Å². The Hall–Kier alpha value is -5.14. The summed E-state index contributed by atoms with van der Waals surface area (Å²) < 4.78 is 9.66. The Labute approximate surface area is 314 Å². The lowest BCUT2D eigenvalue weighted by Gasteiger charge is -2.37. The molecule has 2 aliphatic carbocycles. The summed E-state index contributed by atoms with van der Waals surface area (Å²) in [5.74, 6) is 1.70. The fourth-order valence-corrected chi connectivity index (χ4v) is 9.73. The summed E-state index contributed by atoms with van der Waals surface area (Å²) in [6.45, 7) is 7.70. The molecule has 4 aromatic rings. The van der Waals surface area contributed by atoms with E-state index in [0.717, 1.165) is 83.4 Å². The van der Waals surface area contributed by atoms with Crippen LogP contribution >= 0.6 is 0 Å². The van der Waals surface area contributed by atoms with E-state index in [2.05, 4.69) is 44.9 Å². The van der Waals surface area contributed by atoms with Crippen LogP contribution in [0.1, 0.15) is 90.0 Å². The second kappa shape index (κ2) is 13.9. The molecule has 4 amide bonds. The number of amides is 4. The summed E-state index contributed by atoms with van der Waals surface area (Å²) in [4.78, 5) is 73.4. The lowest BCUT2D eigenvalue weighted by Crippen LogP contribution is -2.54. The molecule has 2 saturated carbocycles. The number of hydrogen-bond acceptors (Lipinski definition) is 8. The predicted molar refractivity (Wildman–Crippen MR) is 201 cm³/mol. The Balaban J connectivity index is 1.06. The minimum absolute atomic E-state index is 0.100. The number of aromatic nitrogens is 4. The minimum atomic E-state index is -0.694. The van der Waals surface area contributed by atoms with Gasteiger partial charge in [-0.25, -0.2) is 19.6 Å². The van der Waals surface area contributed by atoms with Crippen LogP contribution in [0.25, 0.3) is 33.2 Å². The summed E-state index contributed by atoms with van der Waals surface area (Å²) >= 11 is 0. The standard InChI is InChI=1S/C40H50N8O6/c1-19(2)31(45-39(51)53-5)37(49)47-25-11-7-23(15-25)33(47)35-41-27-13-9-21(17-29(27)43-35)22-10-14-28-30(18-22)44-36(42-28)34-24-8-12-26(16-24)48(34)38(50)32(20(3)4)46-40(52)54-6/h9-10,13-14,17-20,23-26,31-34H,7-8,11-12,15-16H2,1-6H3,(H,41,43)(H,42,44)(H,45,51)(H,46,52)/t23?,24?,25?,26?,31-,32?,33?,34?/m0/s1. The molecule has 7 unspecified atom stereocenters. The molecule has 14 nitrogen and oxygen atoms in total. The molecule has 0 radical (unpaired) electrons. The molecule has 4 heterocycles. The summed E-state index contributed by atoms with van der Waals surface area (Å²) in [5, 5.41) is 5.52. The number of methoxy groups -OCH3 is 2. The molecule has 8 rings (SSSR count). The number of fused-ring (bicyclic) bond motifs is 6. The number of imidazole rings is 2. The summed E-state index contributed by atoms with van der Waals surface area (Å²) in [5.41, 5.74) is 5.40. The molecule has 4 bridgehead atoms. The maximum absolute atomic E-state index is 14.0. The van der Waals surface area contributed by atoms with Gasteiger partial charge in [-0.05, 0) is 97.6 Å². The van der Waals surface area contributed by atoms with Crippen LogP contribution in [-0.4, -0.2) is 92.1 Å². The van der Waals surface area contributed by atoms with Crippen molar-refractivity contribution in [1.29, 1.82) is 0 Å². The van der Waals surface area contributed by atoms with Gasteiger partial charge in [0.25, 0.3) is 0 Å². The lowest BCUT2D eigenvalue weighted by molar-refractivity contribution is -0.140. The first-order valence-corrected chi connectivity index (χ1v) is 19.3. The maximum atomic E-state index is 14.0. The second-order valence-electron chi connectivity index (χ2n) is 16.3. The van der Waals surface area contributed by atoms with Crippen molar-refractivity contribution in [3.63, 3.8) is 0 Å². The quantitative estimate of drug-likeness (QED) is 0.163. The predicted octanol–water partition coefficient (Wildman–Crippen LogP) is 5.97. The average molecular weight is 739 g/mol. The molecular formula is C40H50N8O6. The molecule has 54 heavy (non-hydrogen) atoms.